The molecule has 0 aliphatic carbocycles. The number of alkyl carbamates (subject to hydrolysis) is 1. The molecule has 2 fully saturated rings. The second-order valence-corrected chi connectivity index (χ2v) is 18.3. The monoisotopic (exact) mass is 843 g/mol. The number of methoxy groups -OCH3 is 2. The van der Waals surface area contributed by atoms with E-state index in [2.05, 4.69) is 91.5 Å². The van der Waals surface area contributed by atoms with Crippen LogP contribution in [0.15, 0.2) is 60.8 Å². The molecular weight excluding hydrogens is 783 g/mol. The quantitative estimate of drug-likeness (QED) is 0.105. The second-order valence-electron chi connectivity index (χ2n) is 18.3. The summed E-state index contributed by atoms with van der Waals surface area (Å²) in [6.07, 6.45) is 2.85. The maximum absolute atomic E-state index is 13.9. The molecule has 13 nitrogen and oxygen atoms in total. The number of hydrogen-bond acceptors (Lipinski definition) is 8. The van der Waals surface area contributed by atoms with Gasteiger partial charge in [0.05, 0.1) is 61.6 Å². The van der Waals surface area contributed by atoms with Gasteiger partial charge in [0.15, 0.2) is 0 Å². The van der Waals surface area contributed by atoms with Gasteiger partial charge in [0.1, 0.15) is 17.7 Å². The lowest BCUT2D eigenvalue weighted by molar-refractivity contribution is -0.148. The molecule has 3 N–H and O–H groups in total. The first kappa shape index (κ1) is 44.1. The number of ether oxygens (including phenoxy) is 2. The van der Waals surface area contributed by atoms with Gasteiger partial charge >= 0.3 is 12.1 Å². The molecule has 0 unspecified atom stereocenters. The highest BCUT2D eigenvalue weighted by molar-refractivity contribution is 5.87. The van der Waals surface area contributed by atoms with Gasteiger partial charge in [-0.15, -0.1) is 0 Å². The molecule has 4 heterocycles. The zero-order valence-corrected chi connectivity index (χ0v) is 37.7. The molecule has 7 rings (SSSR count). The van der Waals surface area contributed by atoms with Gasteiger partial charge in [-0.2, -0.15) is 0 Å². The predicted molar refractivity (Wildman–Crippen MR) is 240 cm³/mol. The van der Waals surface area contributed by atoms with Crippen LogP contribution in [0.2, 0.25) is 0 Å². The average Bonchev–Trinajstić information content (AvgIpc) is 4.06. The topological polar surface area (TPSA) is 163 Å². The normalized spacial score (nSPS) is 19.9. The molecule has 0 radical (unpaired) electrons. The van der Waals surface area contributed by atoms with Crippen LogP contribution in [0, 0.1) is 43.4 Å². The highest BCUT2D eigenvalue weighted by atomic mass is 16.5. The van der Waals surface area contributed by atoms with Crippen LogP contribution in [-0.2, 0) is 23.9 Å². The van der Waals surface area contributed by atoms with E-state index in [4.69, 9.17) is 19.4 Å². The minimum atomic E-state index is -0.701. The van der Waals surface area contributed by atoms with Crippen LogP contribution in [0.4, 0.5) is 4.79 Å². The van der Waals surface area contributed by atoms with Crippen molar-refractivity contribution in [1.29, 1.82) is 0 Å². The average molecular weight is 844 g/mol. The van der Waals surface area contributed by atoms with Gasteiger partial charge in [0.2, 0.25) is 11.8 Å². The standard InChI is InChI=1S/C49H61N7O6/c1-26(2)37(22-43(57)61-9)47(58)55-24-29(6)18-42(55)46-51-38-16-13-34(21-39(38)52-46)35-14-11-32(19-30(35)7)33-12-15-36(31(8)20-33)40-23-50-45(53-40)41-17-28(5)25-56(41)48(59)44(27(3)4)54-49(60)62-10/h11-16,19-21,23,26-29,37,41-42,44H,17-18,22,24-25H2,1-10H3,(H,50,53)(H,51,52)(H,54,60)/t28-,29-,37-,41-,42-,44-/m0/s1. The number of rotatable bonds is 12. The van der Waals surface area contributed by atoms with Crippen molar-refractivity contribution in [2.45, 2.75) is 92.8 Å². The number of esters is 1. The lowest BCUT2D eigenvalue weighted by Gasteiger charge is -2.30. The van der Waals surface area contributed by atoms with Crippen molar-refractivity contribution >= 4 is 34.9 Å². The van der Waals surface area contributed by atoms with Crippen LogP contribution in [-0.4, -0.2) is 87.0 Å². The van der Waals surface area contributed by atoms with Crippen molar-refractivity contribution in [3.8, 4) is 33.5 Å². The summed E-state index contributed by atoms with van der Waals surface area (Å²) in [5.74, 6) is 0.963. The van der Waals surface area contributed by atoms with Crippen LogP contribution < -0.4 is 5.32 Å². The molecule has 2 aliphatic rings. The Balaban J connectivity index is 1.07. The van der Waals surface area contributed by atoms with Crippen molar-refractivity contribution in [3.63, 3.8) is 0 Å². The summed E-state index contributed by atoms with van der Waals surface area (Å²) in [5.41, 5.74) is 10.3. The summed E-state index contributed by atoms with van der Waals surface area (Å²) in [7, 11) is 2.66. The maximum atomic E-state index is 13.9. The molecule has 2 aliphatic heterocycles. The van der Waals surface area contributed by atoms with Gasteiger partial charge in [-0.25, -0.2) is 14.8 Å². The minimum absolute atomic E-state index is 0.00682. The lowest BCUT2D eigenvalue weighted by atomic mass is 9.91. The Hall–Kier alpha value is -5.98. The molecule has 328 valence electrons. The lowest BCUT2D eigenvalue weighted by Crippen LogP contribution is -2.51. The summed E-state index contributed by atoms with van der Waals surface area (Å²) in [6.45, 7) is 17.5. The molecule has 0 spiro atoms. The van der Waals surface area contributed by atoms with E-state index in [9.17, 15) is 19.2 Å². The van der Waals surface area contributed by atoms with Crippen molar-refractivity contribution in [2.75, 3.05) is 27.3 Å². The highest BCUT2D eigenvalue weighted by Crippen LogP contribution is 2.39. The van der Waals surface area contributed by atoms with Crippen molar-refractivity contribution in [3.05, 3.63) is 83.6 Å². The van der Waals surface area contributed by atoms with E-state index in [1.54, 1.807) is 0 Å². The van der Waals surface area contributed by atoms with Crippen LogP contribution >= 0.6 is 0 Å². The molecule has 3 amide bonds. The number of nitrogens with zero attached hydrogens (tertiary/aromatic N) is 4. The van der Waals surface area contributed by atoms with E-state index in [0.29, 0.717) is 19.0 Å². The first-order valence-corrected chi connectivity index (χ1v) is 21.9. The zero-order valence-electron chi connectivity index (χ0n) is 37.7. The van der Waals surface area contributed by atoms with Crippen LogP contribution in [0.25, 0.3) is 44.5 Å². The number of nitrogens with one attached hydrogen (secondary N) is 3. The summed E-state index contributed by atoms with van der Waals surface area (Å²) >= 11 is 0. The Bertz CT molecular complexity index is 2470. The van der Waals surface area contributed by atoms with Gasteiger partial charge in [-0.1, -0.05) is 84.0 Å². The number of carbonyl (C=O) groups is 4. The molecule has 5 aromatic rings. The fourth-order valence-electron chi connectivity index (χ4n) is 9.37. The van der Waals surface area contributed by atoms with Crippen LogP contribution in [0.3, 0.4) is 0 Å². The van der Waals surface area contributed by atoms with Gasteiger partial charge in [-0.3, -0.25) is 14.4 Å². The van der Waals surface area contributed by atoms with E-state index in [1.165, 1.54) is 14.2 Å². The van der Waals surface area contributed by atoms with Gasteiger partial charge < -0.3 is 34.6 Å². The number of carbonyl (C=O) groups excluding carboxylic acids is 4. The van der Waals surface area contributed by atoms with E-state index in [1.807, 2.05) is 49.8 Å². The first-order valence-electron chi connectivity index (χ1n) is 21.9. The number of likely N-dealkylation sites (tertiary alicyclic amines) is 2. The summed E-state index contributed by atoms with van der Waals surface area (Å²) < 4.78 is 9.72. The van der Waals surface area contributed by atoms with Crippen molar-refractivity contribution < 1.29 is 28.7 Å². The number of H-pyrrole nitrogens is 2. The first-order chi connectivity index (χ1) is 29.6. The van der Waals surface area contributed by atoms with Crippen molar-refractivity contribution in [1.82, 2.24) is 35.1 Å². The fourth-order valence-corrected chi connectivity index (χ4v) is 9.37. The Kier molecular flexibility index (Phi) is 12.9. The highest BCUT2D eigenvalue weighted by Gasteiger charge is 2.41. The second kappa shape index (κ2) is 18.2. The van der Waals surface area contributed by atoms with Crippen molar-refractivity contribution in [2.24, 2.45) is 29.6 Å². The van der Waals surface area contributed by atoms with E-state index < -0.39 is 18.1 Å². The number of amides is 3. The molecule has 0 saturated carbocycles. The number of benzene rings is 3. The molecule has 6 atom stereocenters. The molecule has 2 saturated heterocycles. The molecule has 2 aromatic heterocycles. The molecule has 0 bridgehead atoms. The SMILES string of the molecule is COC(=O)C[C@H](C(=O)N1C[C@@H](C)C[C@H]1c1nc2ccc(-c3ccc(-c4ccc(-c5cnc([C@@H]6C[C@H](C)CN6C(=O)[C@@H](NC(=O)OC)C(C)C)[nH]5)c(C)c4)cc3C)cc2[nH]1)C(C)C. The number of aryl methyl sites for hydroxylation is 2. The number of aromatic nitrogens is 4. The van der Waals surface area contributed by atoms with Gasteiger partial charge in [0.25, 0.3) is 0 Å². The molecule has 3 aromatic carbocycles. The maximum Gasteiger partial charge on any atom is 0.407 e. The third-order valence-corrected chi connectivity index (χ3v) is 12.8. The summed E-state index contributed by atoms with van der Waals surface area (Å²) in [4.78, 5) is 72.5. The number of hydrogen-bond donors (Lipinski definition) is 3. The van der Waals surface area contributed by atoms with E-state index in [0.717, 1.165) is 80.2 Å². The Morgan fingerprint density at radius 1 is 0.742 bits per heavy atom. The Morgan fingerprint density at radius 2 is 1.34 bits per heavy atom. The smallest absolute Gasteiger partial charge is 0.407 e. The third kappa shape index (κ3) is 8.98. The molecule has 13 heteroatoms. The number of aromatic amines is 2. The Morgan fingerprint density at radius 3 is 1.92 bits per heavy atom. The molecular formula is C49H61N7O6. The summed E-state index contributed by atoms with van der Waals surface area (Å²) in [5, 5.41) is 2.73. The third-order valence-electron chi connectivity index (χ3n) is 12.8. The van der Waals surface area contributed by atoms with Crippen LogP contribution in [0.5, 0.6) is 0 Å². The zero-order chi connectivity index (χ0) is 44.6. The van der Waals surface area contributed by atoms with Crippen LogP contribution in [0.1, 0.15) is 95.7 Å². The number of fused-ring (bicyclic) bond motifs is 1. The van der Waals surface area contributed by atoms with Gasteiger partial charge in [0, 0.05) is 18.7 Å². The van der Waals surface area contributed by atoms with Gasteiger partial charge in [-0.05, 0) is 95.9 Å². The fraction of sp³-hybridized carbons (Fsp3) is 0.469. The van der Waals surface area contributed by atoms with E-state index in [-0.39, 0.29) is 54.0 Å². The van der Waals surface area contributed by atoms with E-state index >= 15 is 0 Å². The molecule has 62 heavy (non-hydrogen) atoms. The Labute approximate surface area is 364 Å². The predicted octanol–water partition coefficient (Wildman–Crippen LogP) is 8.94. The summed E-state index contributed by atoms with van der Waals surface area (Å²) in [6, 6.07) is 18.1. The largest absolute Gasteiger partial charge is 0.469 e. The minimum Gasteiger partial charge on any atom is -0.469 e. The number of imidazole rings is 2.